The number of hydrogen-bond acceptors (Lipinski definition) is 4. The molecule has 1 unspecified atom stereocenters. The predicted octanol–water partition coefficient (Wildman–Crippen LogP) is 3.50. The molecule has 0 aliphatic rings. The molecule has 2 rings (SSSR count). The Bertz CT molecular complexity index is 519. The molecule has 0 aliphatic carbocycles. The minimum Gasteiger partial charge on any atom is -0.302 e. The number of aromatic nitrogens is 2. The average Bonchev–Trinajstić information content (AvgIpc) is 2.78. The largest absolute Gasteiger partial charge is 0.302 e. The first-order chi connectivity index (χ1) is 9.11. The Balaban J connectivity index is 2.37. The fraction of sp³-hybridized carbons (Fsp3) is 0.467. The SMILES string of the molecule is CCc1nc(C(NC(C)C)c2cccnc2)sc1C. The molecule has 0 spiro atoms. The van der Waals surface area contributed by atoms with Crippen LogP contribution in [0.25, 0.3) is 0 Å². The van der Waals surface area contributed by atoms with Crippen LogP contribution in [0.2, 0.25) is 0 Å². The third-order valence-corrected chi connectivity index (χ3v) is 4.09. The molecular formula is C15H21N3S. The zero-order chi connectivity index (χ0) is 13.8. The zero-order valence-electron chi connectivity index (χ0n) is 12.0. The molecule has 0 fully saturated rings. The summed E-state index contributed by atoms with van der Waals surface area (Å²) in [5.74, 6) is 0. The molecule has 102 valence electrons. The summed E-state index contributed by atoms with van der Waals surface area (Å²) < 4.78 is 0. The van der Waals surface area contributed by atoms with Crippen LogP contribution in [0.3, 0.4) is 0 Å². The minimum atomic E-state index is 0.137. The lowest BCUT2D eigenvalue weighted by atomic mass is 10.1. The highest BCUT2D eigenvalue weighted by atomic mass is 32.1. The van der Waals surface area contributed by atoms with E-state index in [1.54, 1.807) is 17.5 Å². The second-order valence-corrected chi connectivity index (χ2v) is 6.18. The van der Waals surface area contributed by atoms with Crippen molar-refractivity contribution in [3.63, 3.8) is 0 Å². The second-order valence-electron chi connectivity index (χ2n) is 4.95. The van der Waals surface area contributed by atoms with Gasteiger partial charge in [-0.3, -0.25) is 4.98 Å². The van der Waals surface area contributed by atoms with Gasteiger partial charge in [0.25, 0.3) is 0 Å². The zero-order valence-corrected chi connectivity index (χ0v) is 12.8. The van der Waals surface area contributed by atoms with Crippen molar-refractivity contribution < 1.29 is 0 Å². The Morgan fingerprint density at radius 1 is 1.37 bits per heavy atom. The van der Waals surface area contributed by atoms with Gasteiger partial charge in [-0.2, -0.15) is 0 Å². The molecule has 0 aromatic carbocycles. The van der Waals surface area contributed by atoms with Crippen molar-refractivity contribution >= 4 is 11.3 Å². The van der Waals surface area contributed by atoms with E-state index in [0.717, 1.165) is 11.4 Å². The van der Waals surface area contributed by atoms with Gasteiger partial charge in [-0.05, 0) is 38.8 Å². The van der Waals surface area contributed by atoms with E-state index in [1.807, 2.05) is 12.3 Å². The smallest absolute Gasteiger partial charge is 0.115 e. The fourth-order valence-corrected chi connectivity index (χ4v) is 3.19. The topological polar surface area (TPSA) is 37.8 Å². The number of rotatable bonds is 5. The van der Waals surface area contributed by atoms with Gasteiger partial charge in [0, 0.05) is 23.3 Å². The second kappa shape index (κ2) is 6.26. The molecule has 0 radical (unpaired) electrons. The van der Waals surface area contributed by atoms with Crippen LogP contribution in [0.4, 0.5) is 0 Å². The molecule has 4 heteroatoms. The molecule has 2 heterocycles. The van der Waals surface area contributed by atoms with E-state index in [1.165, 1.54) is 16.1 Å². The summed E-state index contributed by atoms with van der Waals surface area (Å²) in [5.41, 5.74) is 2.38. The van der Waals surface area contributed by atoms with Crippen molar-refractivity contribution in [2.75, 3.05) is 0 Å². The Morgan fingerprint density at radius 2 is 2.16 bits per heavy atom. The molecule has 0 saturated heterocycles. The lowest BCUT2D eigenvalue weighted by Gasteiger charge is -2.19. The molecule has 0 aliphatic heterocycles. The van der Waals surface area contributed by atoms with Crippen molar-refractivity contribution in [1.29, 1.82) is 0 Å². The molecule has 0 bridgehead atoms. The number of aryl methyl sites for hydroxylation is 2. The van der Waals surface area contributed by atoms with Gasteiger partial charge in [-0.1, -0.05) is 13.0 Å². The number of thiazole rings is 1. The highest BCUT2D eigenvalue weighted by molar-refractivity contribution is 7.11. The summed E-state index contributed by atoms with van der Waals surface area (Å²) in [7, 11) is 0. The molecule has 2 aromatic heterocycles. The van der Waals surface area contributed by atoms with Gasteiger partial charge in [0.05, 0.1) is 11.7 Å². The molecule has 1 N–H and O–H groups in total. The van der Waals surface area contributed by atoms with E-state index in [0.29, 0.717) is 6.04 Å². The van der Waals surface area contributed by atoms with Crippen LogP contribution in [-0.2, 0) is 6.42 Å². The normalized spacial score (nSPS) is 12.9. The van der Waals surface area contributed by atoms with E-state index in [-0.39, 0.29) is 6.04 Å². The monoisotopic (exact) mass is 275 g/mol. The highest BCUT2D eigenvalue weighted by Crippen LogP contribution is 2.28. The van der Waals surface area contributed by atoms with E-state index < -0.39 is 0 Å². The van der Waals surface area contributed by atoms with Crippen molar-refractivity contribution in [2.45, 2.75) is 46.2 Å². The first-order valence-corrected chi connectivity index (χ1v) is 7.55. The van der Waals surface area contributed by atoms with Crippen molar-refractivity contribution in [2.24, 2.45) is 0 Å². The van der Waals surface area contributed by atoms with E-state index in [2.05, 4.69) is 44.1 Å². The highest BCUT2D eigenvalue weighted by Gasteiger charge is 2.20. The average molecular weight is 275 g/mol. The summed E-state index contributed by atoms with van der Waals surface area (Å²) in [6, 6.07) is 4.62. The van der Waals surface area contributed by atoms with Gasteiger partial charge in [0.15, 0.2) is 0 Å². The quantitative estimate of drug-likeness (QED) is 0.907. The van der Waals surface area contributed by atoms with Gasteiger partial charge < -0.3 is 5.32 Å². The maximum Gasteiger partial charge on any atom is 0.115 e. The van der Waals surface area contributed by atoms with Crippen LogP contribution in [0.1, 0.15) is 48.0 Å². The summed E-state index contributed by atoms with van der Waals surface area (Å²) in [4.78, 5) is 10.3. The van der Waals surface area contributed by atoms with Gasteiger partial charge in [0.2, 0.25) is 0 Å². The molecule has 0 amide bonds. The summed E-state index contributed by atoms with van der Waals surface area (Å²) in [6.07, 6.45) is 4.71. The Labute approximate surface area is 119 Å². The standard InChI is InChI=1S/C15H21N3S/c1-5-13-11(4)19-15(18-13)14(17-10(2)3)12-7-6-8-16-9-12/h6-10,14,17H,5H2,1-4H3. The Hall–Kier alpha value is -1.26. The lowest BCUT2D eigenvalue weighted by Crippen LogP contribution is -2.29. The molecule has 1 atom stereocenters. The van der Waals surface area contributed by atoms with Gasteiger partial charge in [-0.25, -0.2) is 4.98 Å². The van der Waals surface area contributed by atoms with Crippen molar-refractivity contribution in [3.8, 4) is 0 Å². The molecule has 19 heavy (non-hydrogen) atoms. The molecule has 2 aromatic rings. The minimum absolute atomic E-state index is 0.137. The van der Waals surface area contributed by atoms with Crippen LogP contribution in [0, 0.1) is 6.92 Å². The first kappa shape index (κ1) is 14.2. The van der Waals surface area contributed by atoms with Crippen LogP contribution < -0.4 is 5.32 Å². The third-order valence-electron chi connectivity index (χ3n) is 3.01. The Morgan fingerprint density at radius 3 is 2.68 bits per heavy atom. The maximum absolute atomic E-state index is 4.79. The van der Waals surface area contributed by atoms with E-state index in [4.69, 9.17) is 4.98 Å². The third kappa shape index (κ3) is 3.39. The molecule has 0 saturated carbocycles. The van der Waals surface area contributed by atoms with Gasteiger partial charge >= 0.3 is 0 Å². The lowest BCUT2D eigenvalue weighted by molar-refractivity contribution is 0.525. The van der Waals surface area contributed by atoms with Crippen LogP contribution in [-0.4, -0.2) is 16.0 Å². The van der Waals surface area contributed by atoms with Crippen molar-refractivity contribution in [1.82, 2.24) is 15.3 Å². The van der Waals surface area contributed by atoms with Gasteiger partial charge in [-0.15, -0.1) is 11.3 Å². The van der Waals surface area contributed by atoms with Crippen LogP contribution in [0.15, 0.2) is 24.5 Å². The van der Waals surface area contributed by atoms with E-state index >= 15 is 0 Å². The molecule has 3 nitrogen and oxygen atoms in total. The first-order valence-electron chi connectivity index (χ1n) is 6.74. The Kier molecular flexibility index (Phi) is 4.66. The van der Waals surface area contributed by atoms with Gasteiger partial charge in [0.1, 0.15) is 5.01 Å². The predicted molar refractivity (Wildman–Crippen MR) is 80.6 cm³/mol. The van der Waals surface area contributed by atoms with Crippen molar-refractivity contribution in [3.05, 3.63) is 45.7 Å². The summed E-state index contributed by atoms with van der Waals surface area (Å²) in [6.45, 7) is 8.62. The molecular weight excluding hydrogens is 254 g/mol. The fourth-order valence-electron chi connectivity index (χ4n) is 2.09. The number of hydrogen-bond donors (Lipinski definition) is 1. The van der Waals surface area contributed by atoms with Crippen LogP contribution >= 0.6 is 11.3 Å². The van der Waals surface area contributed by atoms with Crippen LogP contribution in [0.5, 0.6) is 0 Å². The van der Waals surface area contributed by atoms with E-state index in [9.17, 15) is 0 Å². The maximum atomic E-state index is 4.79. The summed E-state index contributed by atoms with van der Waals surface area (Å²) >= 11 is 1.78. The number of pyridine rings is 1. The summed E-state index contributed by atoms with van der Waals surface area (Å²) in [5, 5.41) is 4.72. The number of nitrogens with one attached hydrogen (secondary N) is 1. The number of nitrogens with zero attached hydrogens (tertiary/aromatic N) is 2.